The van der Waals surface area contributed by atoms with Gasteiger partial charge in [-0.25, -0.2) is 20.0 Å². The van der Waals surface area contributed by atoms with Crippen molar-refractivity contribution in [3.63, 3.8) is 0 Å². The highest BCUT2D eigenvalue weighted by Gasteiger charge is 2.23. The van der Waals surface area contributed by atoms with E-state index in [1.165, 1.54) is 0 Å². The third-order valence-electron chi connectivity index (χ3n) is 14.2. The Morgan fingerprint density at radius 2 is 1.14 bits per heavy atom. The summed E-state index contributed by atoms with van der Waals surface area (Å²) in [5.74, 6) is 0.388. The van der Waals surface area contributed by atoms with E-state index >= 15 is 0 Å². The van der Waals surface area contributed by atoms with Crippen molar-refractivity contribution in [1.29, 1.82) is 0 Å². The molecule has 1 aliphatic heterocycles. The molecule has 2 amide bonds. The molecular formula is C65H71N12O2+. The first-order valence-corrected chi connectivity index (χ1v) is 27.4. The minimum Gasteiger partial charge on any atom is -0.398 e. The first kappa shape index (κ1) is 54.6. The number of allylic oxidation sites excluding steroid dienone is 1. The van der Waals surface area contributed by atoms with E-state index in [9.17, 15) is 9.59 Å². The highest BCUT2D eigenvalue weighted by Crippen LogP contribution is 2.34. The third-order valence-corrected chi connectivity index (χ3v) is 14.2. The monoisotopic (exact) mass is 1050 g/mol. The summed E-state index contributed by atoms with van der Waals surface area (Å²) in [6.45, 7) is 15.0. The molecule has 9 N–H and O–H groups in total. The van der Waals surface area contributed by atoms with Crippen LogP contribution in [0.4, 0.5) is 34.1 Å². The summed E-state index contributed by atoms with van der Waals surface area (Å²) >= 11 is 0. The summed E-state index contributed by atoms with van der Waals surface area (Å²) in [7, 11) is 0. The van der Waals surface area contributed by atoms with E-state index in [4.69, 9.17) is 31.4 Å². The van der Waals surface area contributed by atoms with E-state index in [-0.39, 0.29) is 11.8 Å². The Kier molecular flexibility index (Phi) is 17.8. The predicted octanol–water partition coefficient (Wildman–Crippen LogP) is 12.5. The van der Waals surface area contributed by atoms with Crippen LogP contribution >= 0.6 is 0 Å². The molecule has 0 saturated heterocycles. The van der Waals surface area contributed by atoms with Crippen molar-refractivity contribution < 1.29 is 14.2 Å². The van der Waals surface area contributed by atoms with E-state index in [2.05, 4.69) is 55.9 Å². The van der Waals surface area contributed by atoms with Crippen LogP contribution in [-0.2, 0) is 0 Å². The van der Waals surface area contributed by atoms with Crippen LogP contribution < -0.4 is 42.6 Å². The number of rotatable bonds is 23. The second-order valence-corrected chi connectivity index (χ2v) is 20.2. The van der Waals surface area contributed by atoms with Gasteiger partial charge in [0.05, 0.1) is 34.2 Å². The average Bonchev–Trinajstić information content (AvgIpc) is 3.46. The predicted molar refractivity (Wildman–Crippen MR) is 325 cm³/mol. The van der Waals surface area contributed by atoms with Gasteiger partial charge in [0.1, 0.15) is 5.52 Å². The molecule has 0 fully saturated rings. The number of nitrogens with zero attached hydrogens (tertiary/aromatic N) is 5. The number of carbonyl (C=O) groups is 2. The van der Waals surface area contributed by atoms with Crippen molar-refractivity contribution in [3.05, 3.63) is 191 Å². The van der Waals surface area contributed by atoms with Gasteiger partial charge in [0.2, 0.25) is 16.9 Å². The van der Waals surface area contributed by atoms with Gasteiger partial charge in [0.15, 0.2) is 5.84 Å². The lowest BCUT2D eigenvalue weighted by atomic mass is 10.0. The highest BCUT2D eigenvalue weighted by atomic mass is 16.2. The van der Waals surface area contributed by atoms with Crippen LogP contribution in [0.1, 0.15) is 95.8 Å². The molecule has 0 radical (unpaired) electrons. The number of amides is 2. The molecule has 0 atom stereocenters. The number of aromatic nitrogens is 3. The molecule has 0 aliphatic carbocycles. The van der Waals surface area contributed by atoms with Crippen LogP contribution in [0.5, 0.6) is 0 Å². The zero-order valence-corrected chi connectivity index (χ0v) is 45.8. The third kappa shape index (κ3) is 13.9. The number of aliphatic imine (C=N–C) groups is 2. The molecule has 6 aromatic carbocycles. The lowest BCUT2D eigenvalue weighted by Gasteiger charge is -2.18. The van der Waals surface area contributed by atoms with E-state index in [0.29, 0.717) is 41.4 Å². The summed E-state index contributed by atoms with van der Waals surface area (Å²) in [5, 5.41) is 16.7. The normalized spacial score (nSPS) is 12.8. The van der Waals surface area contributed by atoms with Gasteiger partial charge in [-0.05, 0) is 136 Å². The van der Waals surface area contributed by atoms with E-state index in [1.807, 2.05) is 155 Å². The van der Waals surface area contributed by atoms with Crippen LogP contribution in [0.3, 0.4) is 0 Å². The fraction of sp³-hybridized carbons (Fsp3) is 0.246. The maximum atomic E-state index is 13.0. The molecule has 14 heteroatoms. The molecule has 0 unspecified atom stereocenters. The molecule has 0 saturated carbocycles. The summed E-state index contributed by atoms with van der Waals surface area (Å²) in [5.41, 5.74) is 30.4. The number of carbonyl (C=O) groups excluding carboxylic acids is 2. The molecule has 1 aliphatic rings. The van der Waals surface area contributed by atoms with Crippen molar-refractivity contribution in [2.45, 2.75) is 79.1 Å². The number of benzene rings is 6. The number of nitrogens with one attached hydrogen (secondary N) is 5. The average molecular weight is 1050 g/mol. The molecule has 8 aromatic rings. The van der Waals surface area contributed by atoms with Crippen molar-refractivity contribution in [3.8, 4) is 16.8 Å². The SMILES string of the molecule is C=C1C=C(NCCCCCCNC(=O)c2ccc(-c3ccc(C(=O)NCCCCCCNc4cc5c(nc4C)nc4cc(C)c(N)cc4[n+]5-c4ccccc4)cc3)cc2)C(C)=N/C1=N/c1cc(C)c(N)cc1Nc1ccccc1. The molecule has 3 heterocycles. The number of anilines is 5. The van der Waals surface area contributed by atoms with E-state index in [1.54, 1.807) is 0 Å². The van der Waals surface area contributed by atoms with Crippen LogP contribution in [0, 0.1) is 20.8 Å². The molecule has 14 nitrogen and oxygen atoms in total. The Balaban J connectivity index is 0.645. The summed E-state index contributed by atoms with van der Waals surface area (Å²) in [6.07, 6.45) is 9.82. The minimum atomic E-state index is -0.0891. The van der Waals surface area contributed by atoms with Gasteiger partial charge < -0.3 is 38.1 Å². The lowest BCUT2D eigenvalue weighted by Crippen LogP contribution is -2.33. The quantitative estimate of drug-likeness (QED) is 0.0141. The van der Waals surface area contributed by atoms with E-state index in [0.717, 1.165) is 160 Å². The van der Waals surface area contributed by atoms with Crippen molar-refractivity contribution in [2.75, 3.05) is 48.3 Å². The molecule has 0 bridgehead atoms. The number of hydrogen-bond acceptors (Lipinski definition) is 10. The molecular weight excluding hydrogens is 981 g/mol. The topological polar surface area (TPSA) is 201 Å². The van der Waals surface area contributed by atoms with Crippen LogP contribution in [-0.4, -0.2) is 59.5 Å². The Morgan fingerprint density at radius 3 is 1.76 bits per heavy atom. The van der Waals surface area contributed by atoms with Gasteiger partial charge in [-0.1, -0.05) is 92.9 Å². The van der Waals surface area contributed by atoms with Crippen molar-refractivity contribution in [1.82, 2.24) is 25.9 Å². The number of amidine groups is 1. The number of dihydropyridines is 1. The number of nitrogens with two attached hydrogens (primary N) is 2. The number of nitrogen functional groups attached to an aromatic ring is 2. The number of fused-ring (bicyclic) bond motifs is 2. The number of para-hydroxylation sites is 2. The maximum absolute atomic E-state index is 13.0. The second kappa shape index (κ2) is 25.8. The Morgan fingerprint density at radius 1 is 0.582 bits per heavy atom. The summed E-state index contributed by atoms with van der Waals surface area (Å²) in [6, 6.07) is 45.4. The Bertz CT molecular complexity index is 3590. The smallest absolute Gasteiger partial charge is 0.258 e. The first-order valence-electron chi connectivity index (χ1n) is 27.4. The van der Waals surface area contributed by atoms with Crippen molar-refractivity contribution in [2.24, 2.45) is 9.98 Å². The van der Waals surface area contributed by atoms with Crippen LogP contribution in [0.2, 0.25) is 0 Å². The molecule has 9 rings (SSSR count). The second-order valence-electron chi connectivity index (χ2n) is 20.2. The first-order chi connectivity index (χ1) is 38.4. The lowest BCUT2D eigenvalue weighted by molar-refractivity contribution is -0.538. The molecule has 79 heavy (non-hydrogen) atoms. The largest absolute Gasteiger partial charge is 0.398 e. The number of hydrogen-bond donors (Lipinski definition) is 7. The van der Waals surface area contributed by atoms with Gasteiger partial charge >= 0.3 is 0 Å². The highest BCUT2D eigenvalue weighted by molar-refractivity contribution is 6.16. The van der Waals surface area contributed by atoms with Gasteiger partial charge in [-0.3, -0.25) is 9.59 Å². The van der Waals surface area contributed by atoms with Crippen molar-refractivity contribution >= 4 is 79.7 Å². The van der Waals surface area contributed by atoms with Gasteiger partial charge in [-0.15, -0.1) is 4.57 Å². The number of pyridine rings is 1. The number of aryl methyl sites for hydroxylation is 3. The summed E-state index contributed by atoms with van der Waals surface area (Å²) < 4.78 is 2.18. The maximum Gasteiger partial charge on any atom is 0.258 e. The molecule has 402 valence electrons. The summed E-state index contributed by atoms with van der Waals surface area (Å²) in [4.78, 5) is 45.6. The fourth-order valence-corrected chi connectivity index (χ4v) is 9.57. The Labute approximate surface area is 463 Å². The Hall–Kier alpha value is -9.17. The zero-order valence-electron chi connectivity index (χ0n) is 45.8. The fourth-order valence-electron chi connectivity index (χ4n) is 9.57. The van der Waals surface area contributed by atoms with Gasteiger partial charge in [-0.2, -0.15) is 0 Å². The number of unbranched alkanes of at least 4 members (excludes halogenated alkanes) is 6. The van der Waals surface area contributed by atoms with Crippen LogP contribution in [0.15, 0.2) is 173 Å². The van der Waals surface area contributed by atoms with Gasteiger partial charge in [0, 0.05) is 84.2 Å². The minimum absolute atomic E-state index is 0.0867. The standard InChI is InChI=1S/C65H70N12O2/c1-42-36-57(58(39-53(42)66)74-51-20-12-10-13-21-51)75-62-44(3)38-55(45(4)72-62)68-32-16-6-8-18-34-70-64(78)49-28-24-47(25-29-49)48-26-30-50(31-27-48)65(79)71-35-19-9-7-17-33-69-56-41-61-63(73-46(56)5)76-59-37-43(2)54(67)40-60(59)77(61)52-22-14-11-15-23-52/h10-15,20-31,36-41,68,74H,3,6-9,16-19,32-35,66H2,1-2,4-5H3,(H4,67,69,70,71,78,79)/p+1/b75-62+. The van der Waals surface area contributed by atoms with Crippen LogP contribution in [0.25, 0.3) is 39.0 Å². The van der Waals surface area contributed by atoms with E-state index < -0.39 is 0 Å². The molecule has 0 spiro atoms. The molecule has 2 aromatic heterocycles. The van der Waals surface area contributed by atoms with Gasteiger partial charge in [0.25, 0.3) is 17.3 Å². The zero-order chi connectivity index (χ0) is 55.3.